The molecule has 0 saturated heterocycles. The lowest BCUT2D eigenvalue weighted by Gasteiger charge is -2.36. The molecule has 2 nitrogen and oxygen atoms in total. The second-order valence-corrected chi connectivity index (χ2v) is 7.58. The Morgan fingerprint density at radius 3 is 1.89 bits per heavy atom. The zero-order valence-corrected chi connectivity index (χ0v) is 12.8. The Balaban J connectivity index is 1.86. The predicted molar refractivity (Wildman–Crippen MR) is 78.8 cm³/mol. The predicted octanol–water partition coefficient (Wildman–Crippen LogP) is 3.13. The first-order valence-corrected chi connectivity index (χ1v) is 7.94. The number of nitrogens with one attached hydrogen (secondary N) is 1. The van der Waals surface area contributed by atoms with Crippen LogP contribution in [0.25, 0.3) is 0 Å². The molecule has 1 unspecified atom stereocenters. The second kappa shape index (κ2) is 5.92. The van der Waals surface area contributed by atoms with Crippen molar-refractivity contribution >= 4 is 0 Å². The van der Waals surface area contributed by atoms with Crippen LogP contribution in [0.1, 0.15) is 53.4 Å². The Morgan fingerprint density at radius 1 is 1.06 bits per heavy atom. The third kappa shape index (κ3) is 4.89. The molecule has 0 aromatic rings. The fourth-order valence-electron chi connectivity index (χ4n) is 2.70. The second-order valence-electron chi connectivity index (χ2n) is 7.58. The minimum Gasteiger partial charge on any atom is -0.312 e. The van der Waals surface area contributed by atoms with Crippen molar-refractivity contribution in [3.8, 4) is 0 Å². The minimum absolute atomic E-state index is 0.362. The molecule has 0 amide bonds. The zero-order valence-electron chi connectivity index (χ0n) is 12.8. The summed E-state index contributed by atoms with van der Waals surface area (Å²) < 4.78 is 0. The summed E-state index contributed by atoms with van der Waals surface area (Å²) in [7, 11) is 0. The Bertz CT molecular complexity index is 234. The molecule has 0 aromatic carbocycles. The smallest absolute Gasteiger partial charge is 0.0243 e. The molecular weight excluding hydrogens is 220 g/mol. The van der Waals surface area contributed by atoms with Crippen LogP contribution in [0, 0.1) is 17.3 Å². The average molecular weight is 252 g/mol. The molecule has 2 aliphatic carbocycles. The van der Waals surface area contributed by atoms with E-state index >= 15 is 0 Å². The van der Waals surface area contributed by atoms with E-state index in [9.17, 15) is 0 Å². The van der Waals surface area contributed by atoms with Gasteiger partial charge in [0.2, 0.25) is 0 Å². The van der Waals surface area contributed by atoms with E-state index in [2.05, 4.69) is 37.9 Å². The van der Waals surface area contributed by atoms with Crippen molar-refractivity contribution in [3.05, 3.63) is 0 Å². The van der Waals surface area contributed by atoms with E-state index < -0.39 is 0 Å². The topological polar surface area (TPSA) is 15.3 Å². The van der Waals surface area contributed by atoms with Crippen LogP contribution in [0.3, 0.4) is 0 Å². The molecule has 0 aliphatic heterocycles. The van der Waals surface area contributed by atoms with Gasteiger partial charge in [0.05, 0.1) is 0 Å². The van der Waals surface area contributed by atoms with Gasteiger partial charge in [-0.25, -0.2) is 0 Å². The summed E-state index contributed by atoms with van der Waals surface area (Å²) in [5.74, 6) is 2.04. The lowest BCUT2D eigenvalue weighted by molar-refractivity contribution is 0.164. The molecule has 2 heteroatoms. The molecule has 2 saturated carbocycles. The summed E-state index contributed by atoms with van der Waals surface area (Å²) in [5, 5.41) is 3.70. The molecule has 2 fully saturated rings. The Hall–Kier alpha value is -0.0800. The van der Waals surface area contributed by atoms with Crippen molar-refractivity contribution in [2.24, 2.45) is 17.3 Å². The van der Waals surface area contributed by atoms with Gasteiger partial charge >= 0.3 is 0 Å². The van der Waals surface area contributed by atoms with Gasteiger partial charge in [0.15, 0.2) is 0 Å². The molecule has 0 spiro atoms. The highest BCUT2D eigenvalue weighted by Crippen LogP contribution is 2.34. The van der Waals surface area contributed by atoms with Crippen LogP contribution in [0.2, 0.25) is 0 Å². The van der Waals surface area contributed by atoms with Crippen molar-refractivity contribution in [1.29, 1.82) is 0 Å². The molecule has 0 heterocycles. The van der Waals surface area contributed by atoms with E-state index in [4.69, 9.17) is 0 Å². The Morgan fingerprint density at radius 2 is 1.56 bits per heavy atom. The number of nitrogens with zero attached hydrogens (tertiary/aromatic N) is 1. The Kier molecular flexibility index (Phi) is 4.71. The first-order valence-electron chi connectivity index (χ1n) is 7.94. The lowest BCUT2D eigenvalue weighted by Crippen LogP contribution is -2.49. The maximum Gasteiger partial charge on any atom is 0.0243 e. The first kappa shape index (κ1) is 14.3. The van der Waals surface area contributed by atoms with Crippen LogP contribution in [-0.4, -0.2) is 37.1 Å². The molecular formula is C16H32N2. The molecule has 106 valence electrons. The molecule has 2 rings (SSSR count). The number of hydrogen-bond acceptors (Lipinski definition) is 2. The highest BCUT2D eigenvalue weighted by atomic mass is 15.2. The van der Waals surface area contributed by atoms with Crippen molar-refractivity contribution in [3.63, 3.8) is 0 Å². The first-order chi connectivity index (χ1) is 8.49. The van der Waals surface area contributed by atoms with Crippen LogP contribution >= 0.6 is 0 Å². The summed E-state index contributed by atoms with van der Waals surface area (Å²) in [6.07, 6.45) is 5.90. The number of hydrogen-bond donors (Lipinski definition) is 1. The molecule has 18 heavy (non-hydrogen) atoms. The van der Waals surface area contributed by atoms with E-state index in [0.29, 0.717) is 11.5 Å². The standard InChI is InChI=1S/C16H32N2/c1-5-17-15(16(2,3)4)12-18(10-13-6-7-13)11-14-8-9-14/h13-15,17H,5-12H2,1-4H3. The van der Waals surface area contributed by atoms with Gasteiger partial charge in [-0.2, -0.15) is 0 Å². The SMILES string of the molecule is CCNC(CN(CC1CC1)CC1CC1)C(C)(C)C. The molecule has 2 aliphatic rings. The lowest BCUT2D eigenvalue weighted by atomic mass is 9.86. The third-order valence-corrected chi connectivity index (χ3v) is 4.36. The van der Waals surface area contributed by atoms with E-state index in [1.54, 1.807) is 0 Å². The van der Waals surface area contributed by atoms with E-state index in [1.165, 1.54) is 45.3 Å². The van der Waals surface area contributed by atoms with Crippen molar-refractivity contribution in [2.75, 3.05) is 26.2 Å². The number of rotatable bonds is 8. The highest BCUT2D eigenvalue weighted by molar-refractivity contribution is 4.88. The van der Waals surface area contributed by atoms with Crippen LogP contribution in [0.4, 0.5) is 0 Å². The van der Waals surface area contributed by atoms with Crippen LogP contribution in [-0.2, 0) is 0 Å². The van der Waals surface area contributed by atoms with Crippen LogP contribution in [0.15, 0.2) is 0 Å². The minimum atomic E-state index is 0.362. The highest BCUT2D eigenvalue weighted by Gasteiger charge is 2.32. The molecule has 1 N–H and O–H groups in total. The van der Waals surface area contributed by atoms with Gasteiger partial charge in [0.25, 0.3) is 0 Å². The summed E-state index contributed by atoms with van der Waals surface area (Å²) in [4.78, 5) is 2.76. The van der Waals surface area contributed by atoms with E-state index in [1.807, 2.05) is 0 Å². The Labute approximate surface area is 114 Å². The molecule has 0 radical (unpaired) electrons. The normalized spacial score (nSPS) is 22.5. The zero-order chi connectivity index (χ0) is 13.2. The average Bonchev–Trinajstić information content (AvgIpc) is 3.10. The maximum atomic E-state index is 3.70. The van der Waals surface area contributed by atoms with Gasteiger partial charge in [-0.3, -0.25) is 0 Å². The van der Waals surface area contributed by atoms with Gasteiger partial charge in [0, 0.05) is 25.7 Å². The van der Waals surface area contributed by atoms with Gasteiger partial charge in [0.1, 0.15) is 0 Å². The van der Waals surface area contributed by atoms with Crippen molar-refractivity contribution < 1.29 is 0 Å². The van der Waals surface area contributed by atoms with Gasteiger partial charge in [-0.05, 0) is 49.5 Å². The van der Waals surface area contributed by atoms with E-state index in [0.717, 1.165) is 18.4 Å². The summed E-state index contributed by atoms with van der Waals surface area (Å²) in [6.45, 7) is 14.4. The maximum absolute atomic E-state index is 3.70. The van der Waals surface area contributed by atoms with Crippen LogP contribution in [0.5, 0.6) is 0 Å². The third-order valence-electron chi connectivity index (χ3n) is 4.36. The van der Waals surface area contributed by atoms with Crippen molar-refractivity contribution in [2.45, 2.75) is 59.4 Å². The summed E-state index contributed by atoms with van der Waals surface area (Å²) in [6, 6.07) is 0.625. The summed E-state index contributed by atoms with van der Waals surface area (Å²) in [5.41, 5.74) is 0.362. The van der Waals surface area contributed by atoms with Gasteiger partial charge in [-0.15, -0.1) is 0 Å². The molecule has 1 atom stereocenters. The monoisotopic (exact) mass is 252 g/mol. The molecule has 0 aromatic heterocycles. The fourth-order valence-corrected chi connectivity index (χ4v) is 2.70. The number of likely N-dealkylation sites (N-methyl/N-ethyl adjacent to an activating group) is 1. The van der Waals surface area contributed by atoms with E-state index in [-0.39, 0.29) is 0 Å². The van der Waals surface area contributed by atoms with Crippen molar-refractivity contribution in [1.82, 2.24) is 10.2 Å². The van der Waals surface area contributed by atoms with Crippen LogP contribution < -0.4 is 5.32 Å². The fraction of sp³-hybridized carbons (Fsp3) is 1.00. The summed E-state index contributed by atoms with van der Waals surface area (Å²) >= 11 is 0. The van der Waals surface area contributed by atoms with Gasteiger partial charge < -0.3 is 10.2 Å². The quantitative estimate of drug-likeness (QED) is 0.714. The van der Waals surface area contributed by atoms with Gasteiger partial charge in [-0.1, -0.05) is 27.7 Å². The molecule has 0 bridgehead atoms. The largest absolute Gasteiger partial charge is 0.312 e.